The molecule has 0 amide bonds. The number of aromatic nitrogens is 2. The molecule has 2 aromatic rings. The minimum Gasteiger partial charge on any atom is -0.497 e. The molecule has 0 bridgehead atoms. The highest BCUT2D eigenvalue weighted by molar-refractivity contribution is 5.99. The van der Waals surface area contributed by atoms with E-state index in [4.69, 9.17) is 4.74 Å². The summed E-state index contributed by atoms with van der Waals surface area (Å²) < 4.78 is 5.10. The van der Waals surface area contributed by atoms with Crippen LogP contribution in [0.1, 0.15) is 18.2 Å². The molecule has 104 valence electrons. The van der Waals surface area contributed by atoms with E-state index in [1.807, 2.05) is 31.2 Å². The average Bonchev–Trinajstić information content (AvgIpc) is 2.44. The summed E-state index contributed by atoms with van der Waals surface area (Å²) in [6, 6.07) is 8.96. The van der Waals surface area contributed by atoms with Gasteiger partial charge in [-0.15, -0.1) is 0 Å². The first kappa shape index (κ1) is 13.8. The average molecular weight is 272 g/mol. The second kappa shape index (κ2) is 6.01. The fourth-order valence-corrected chi connectivity index (χ4v) is 1.67. The third-order valence-corrected chi connectivity index (χ3v) is 2.71. The van der Waals surface area contributed by atoms with Crippen LogP contribution in [-0.4, -0.2) is 22.8 Å². The number of hydrogen-bond acceptors (Lipinski definition) is 5. The predicted molar refractivity (Wildman–Crippen MR) is 78.4 cm³/mol. The monoisotopic (exact) mass is 272 g/mol. The molecule has 20 heavy (non-hydrogen) atoms. The molecule has 0 unspecified atom stereocenters. The molecule has 2 N–H and O–H groups in total. The molecule has 1 heterocycles. The van der Waals surface area contributed by atoms with Crippen LogP contribution in [0, 0.1) is 6.92 Å². The van der Waals surface area contributed by atoms with Crippen LogP contribution in [0.3, 0.4) is 0 Å². The molecule has 0 saturated carbocycles. The first-order valence-corrected chi connectivity index (χ1v) is 6.11. The van der Waals surface area contributed by atoms with Gasteiger partial charge in [0.1, 0.15) is 5.75 Å². The highest BCUT2D eigenvalue weighted by Crippen LogP contribution is 2.12. The maximum atomic E-state index is 11.3. The fourth-order valence-electron chi connectivity index (χ4n) is 1.67. The van der Waals surface area contributed by atoms with E-state index in [1.165, 1.54) is 6.07 Å². The lowest BCUT2D eigenvalue weighted by Gasteiger charge is -2.04. The zero-order valence-corrected chi connectivity index (χ0v) is 11.6. The smallest absolute Gasteiger partial charge is 0.252 e. The molecule has 0 aliphatic heterocycles. The van der Waals surface area contributed by atoms with Crippen LogP contribution in [0.4, 0.5) is 5.95 Å². The number of methoxy groups -OCH3 is 1. The van der Waals surface area contributed by atoms with Crippen LogP contribution in [0.15, 0.2) is 40.2 Å². The largest absolute Gasteiger partial charge is 0.497 e. The second-order valence-corrected chi connectivity index (χ2v) is 4.27. The second-order valence-electron chi connectivity index (χ2n) is 4.27. The summed E-state index contributed by atoms with van der Waals surface area (Å²) in [7, 11) is 1.62. The Kier molecular flexibility index (Phi) is 4.14. The highest BCUT2D eigenvalue weighted by Gasteiger charge is 2.00. The van der Waals surface area contributed by atoms with Crippen LogP contribution in [-0.2, 0) is 0 Å². The molecular weight excluding hydrogens is 256 g/mol. The number of H-pyrrole nitrogens is 1. The quantitative estimate of drug-likeness (QED) is 0.658. The van der Waals surface area contributed by atoms with Crippen LogP contribution >= 0.6 is 0 Å². The van der Waals surface area contributed by atoms with Gasteiger partial charge in [-0.1, -0.05) is 0 Å². The summed E-state index contributed by atoms with van der Waals surface area (Å²) >= 11 is 0. The van der Waals surface area contributed by atoms with Gasteiger partial charge in [-0.3, -0.25) is 9.78 Å². The van der Waals surface area contributed by atoms with Crippen molar-refractivity contribution in [2.24, 2.45) is 5.10 Å². The van der Waals surface area contributed by atoms with Crippen LogP contribution in [0.5, 0.6) is 5.75 Å². The summed E-state index contributed by atoms with van der Waals surface area (Å²) in [5.41, 5.74) is 4.89. The molecule has 2 rings (SSSR count). The normalized spacial score (nSPS) is 11.2. The highest BCUT2D eigenvalue weighted by atomic mass is 16.5. The van der Waals surface area contributed by atoms with Crippen molar-refractivity contribution >= 4 is 11.7 Å². The van der Waals surface area contributed by atoms with Gasteiger partial charge in [0.15, 0.2) is 0 Å². The summed E-state index contributed by atoms with van der Waals surface area (Å²) in [4.78, 5) is 18.0. The Balaban J connectivity index is 2.15. The number of aromatic amines is 1. The number of hydrogen-bond donors (Lipinski definition) is 2. The van der Waals surface area contributed by atoms with Crippen molar-refractivity contribution in [3.8, 4) is 5.75 Å². The number of ether oxygens (including phenoxy) is 1. The van der Waals surface area contributed by atoms with Crippen molar-refractivity contribution in [3.63, 3.8) is 0 Å². The van der Waals surface area contributed by atoms with Gasteiger partial charge in [0.05, 0.1) is 12.8 Å². The molecule has 6 nitrogen and oxygen atoms in total. The molecule has 0 aliphatic rings. The molecule has 0 saturated heterocycles. The van der Waals surface area contributed by atoms with Crippen LogP contribution < -0.4 is 15.7 Å². The molecule has 0 fully saturated rings. The molecule has 0 atom stereocenters. The van der Waals surface area contributed by atoms with E-state index < -0.39 is 0 Å². The van der Waals surface area contributed by atoms with Gasteiger partial charge in [0.2, 0.25) is 5.95 Å². The number of hydrazone groups is 1. The van der Waals surface area contributed by atoms with Crippen molar-refractivity contribution in [3.05, 3.63) is 51.9 Å². The Hall–Kier alpha value is -2.63. The predicted octanol–water partition coefficient (Wildman–Crippen LogP) is 1.92. The fraction of sp³-hybridized carbons (Fsp3) is 0.214. The van der Waals surface area contributed by atoms with Gasteiger partial charge < -0.3 is 4.74 Å². The molecule has 6 heteroatoms. The van der Waals surface area contributed by atoms with Gasteiger partial charge in [0, 0.05) is 11.8 Å². The van der Waals surface area contributed by atoms with Crippen molar-refractivity contribution in [1.29, 1.82) is 0 Å². The van der Waals surface area contributed by atoms with Gasteiger partial charge >= 0.3 is 0 Å². The summed E-state index contributed by atoms with van der Waals surface area (Å²) in [5.74, 6) is 1.11. The van der Waals surface area contributed by atoms with Crippen molar-refractivity contribution < 1.29 is 4.74 Å². The number of nitrogens with zero attached hydrogens (tertiary/aromatic N) is 2. The molecule has 0 aliphatic carbocycles. The van der Waals surface area contributed by atoms with E-state index in [9.17, 15) is 4.79 Å². The van der Waals surface area contributed by atoms with Crippen LogP contribution in [0.25, 0.3) is 0 Å². The number of rotatable bonds is 4. The van der Waals surface area contributed by atoms with E-state index in [0.29, 0.717) is 11.6 Å². The van der Waals surface area contributed by atoms with Gasteiger partial charge in [-0.05, 0) is 43.7 Å². The van der Waals surface area contributed by atoms with Gasteiger partial charge in [-0.25, -0.2) is 10.4 Å². The molecule has 1 aromatic carbocycles. The minimum atomic E-state index is -0.211. The van der Waals surface area contributed by atoms with Crippen molar-refractivity contribution in [2.45, 2.75) is 13.8 Å². The Morgan fingerprint density at radius 3 is 2.65 bits per heavy atom. The maximum Gasteiger partial charge on any atom is 0.252 e. The number of nitrogens with one attached hydrogen (secondary N) is 2. The van der Waals surface area contributed by atoms with Crippen molar-refractivity contribution in [1.82, 2.24) is 9.97 Å². The zero-order valence-electron chi connectivity index (χ0n) is 11.6. The van der Waals surface area contributed by atoms with E-state index in [2.05, 4.69) is 20.5 Å². The Morgan fingerprint density at radius 2 is 2.05 bits per heavy atom. The number of benzene rings is 1. The van der Waals surface area contributed by atoms with Gasteiger partial charge in [-0.2, -0.15) is 5.10 Å². The third-order valence-electron chi connectivity index (χ3n) is 2.71. The molecule has 0 radical (unpaired) electrons. The maximum absolute atomic E-state index is 11.3. The Bertz CT molecular complexity index is 674. The van der Waals surface area contributed by atoms with Crippen LogP contribution in [0.2, 0.25) is 0 Å². The first-order valence-electron chi connectivity index (χ1n) is 6.11. The zero-order chi connectivity index (χ0) is 14.5. The molecule has 0 spiro atoms. The first-order chi connectivity index (χ1) is 9.58. The Morgan fingerprint density at radius 1 is 1.35 bits per heavy atom. The lowest BCUT2D eigenvalue weighted by Crippen LogP contribution is -2.11. The SMILES string of the molecule is COc1ccc(/C(C)=N\Nc2nc(C)cc(=O)[nH]2)cc1. The summed E-state index contributed by atoms with van der Waals surface area (Å²) in [6.45, 7) is 3.61. The van der Waals surface area contributed by atoms with Crippen molar-refractivity contribution in [2.75, 3.05) is 12.5 Å². The molecule has 1 aromatic heterocycles. The number of aryl methyl sites for hydroxylation is 1. The van der Waals surface area contributed by atoms with E-state index >= 15 is 0 Å². The lowest BCUT2D eigenvalue weighted by atomic mass is 10.1. The van der Waals surface area contributed by atoms with E-state index in [1.54, 1.807) is 14.0 Å². The summed E-state index contributed by atoms with van der Waals surface area (Å²) in [6.07, 6.45) is 0. The minimum absolute atomic E-state index is 0.211. The standard InChI is InChI=1S/C14H16N4O2/c1-9-8-13(19)16-14(15-9)18-17-10(2)11-4-6-12(20-3)7-5-11/h4-8H,1-3H3,(H2,15,16,18,19)/b17-10-. The third kappa shape index (κ3) is 3.44. The van der Waals surface area contributed by atoms with Gasteiger partial charge in [0.25, 0.3) is 5.56 Å². The number of anilines is 1. The van der Waals surface area contributed by atoms with E-state index in [-0.39, 0.29) is 5.56 Å². The molecular formula is C14H16N4O2. The Labute approximate surface area is 116 Å². The van der Waals surface area contributed by atoms with E-state index in [0.717, 1.165) is 17.0 Å². The summed E-state index contributed by atoms with van der Waals surface area (Å²) in [5, 5.41) is 4.20. The lowest BCUT2D eigenvalue weighted by molar-refractivity contribution is 0.415. The topological polar surface area (TPSA) is 79.4 Å².